The van der Waals surface area contributed by atoms with E-state index < -0.39 is 6.02 Å². The Labute approximate surface area is 109 Å². The predicted molar refractivity (Wildman–Crippen MR) is 74.1 cm³/mol. The van der Waals surface area contributed by atoms with Crippen molar-refractivity contribution in [2.24, 2.45) is 0 Å². The minimum Gasteiger partial charge on any atom is -0.497 e. The average molecular weight is 240 g/mol. The van der Waals surface area contributed by atoms with Crippen molar-refractivity contribution in [3.05, 3.63) is 60.2 Å². The highest BCUT2D eigenvalue weighted by Crippen LogP contribution is 2.46. The fourth-order valence-corrected chi connectivity index (χ4v) is 2.41. The maximum absolute atomic E-state index is 8.43. The van der Waals surface area contributed by atoms with Gasteiger partial charge in [-0.3, -0.25) is 0 Å². The Balaban J connectivity index is 1.89. The van der Waals surface area contributed by atoms with Crippen molar-refractivity contribution in [3.63, 3.8) is 0 Å². The lowest BCUT2D eigenvalue weighted by molar-refractivity contribution is 0.415. The molecule has 0 spiro atoms. The second-order valence-electron chi connectivity index (χ2n) is 4.52. The Kier molecular flexibility index (Phi) is 2.43. The summed E-state index contributed by atoms with van der Waals surface area (Å²) in [5, 5.41) is 0. The summed E-state index contributed by atoms with van der Waals surface area (Å²) in [5.74, 6) is 0.841. The number of hydrogen-bond acceptors (Lipinski definition) is 2. The third kappa shape index (κ3) is 1.84. The molecule has 0 aliphatic carbocycles. The first-order chi connectivity index (χ1) is 9.14. The van der Waals surface area contributed by atoms with E-state index in [9.17, 15) is 0 Å². The van der Waals surface area contributed by atoms with Crippen molar-refractivity contribution in [1.82, 2.24) is 0 Å². The Bertz CT molecular complexity index is 565. The molecule has 0 amide bonds. The molecule has 1 aliphatic heterocycles. The summed E-state index contributed by atoms with van der Waals surface area (Å²) in [7, 11) is 1.66. The van der Waals surface area contributed by atoms with E-state index in [1.165, 1.54) is 5.56 Å². The summed E-state index contributed by atoms with van der Waals surface area (Å²) in [6, 6.07) is 17.7. The Morgan fingerprint density at radius 1 is 1.06 bits per heavy atom. The van der Waals surface area contributed by atoms with Crippen LogP contribution < -0.4 is 9.64 Å². The number of rotatable bonds is 3. The Hall–Kier alpha value is -1.96. The molecule has 0 N–H and O–H groups in total. The predicted octanol–water partition coefficient (Wildman–Crippen LogP) is 3.65. The average Bonchev–Trinajstić information content (AvgIpc) is 3.02. The van der Waals surface area contributed by atoms with Crippen LogP contribution in [0.25, 0.3) is 0 Å². The highest BCUT2D eigenvalue weighted by molar-refractivity contribution is 5.59. The van der Waals surface area contributed by atoms with Crippen LogP contribution in [0.15, 0.2) is 54.6 Å². The smallest absolute Gasteiger partial charge is 0.119 e. The van der Waals surface area contributed by atoms with Gasteiger partial charge in [-0.05, 0) is 36.8 Å². The number of ether oxygens (including phenoxy) is 1. The van der Waals surface area contributed by atoms with Crippen LogP contribution in [-0.4, -0.2) is 13.1 Å². The van der Waals surface area contributed by atoms with Gasteiger partial charge in [0.1, 0.15) is 5.75 Å². The van der Waals surface area contributed by atoms with Gasteiger partial charge >= 0.3 is 0 Å². The zero-order valence-electron chi connectivity index (χ0n) is 11.6. The van der Waals surface area contributed by atoms with Gasteiger partial charge in [-0.15, -0.1) is 0 Å². The molecule has 1 saturated heterocycles. The third-order valence-electron chi connectivity index (χ3n) is 3.43. The second-order valence-corrected chi connectivity index (χ2v) is 4.52. The molecule has 0 aromatic heterocycles. The summed E-state index contributed by atoms with van der Waals surface area (Å²) in [4.78, 5) is 2.11. The largest absolute Gasteiger partial charge is 0.497 e. The summed E-state index contributed by atoms with van der Waals surface area (Å²) < 4.78 is 13.6. The van der Waals surface area contributed by atoms with E-state index in [4.69, 9.17) is 6.11 Å². The molecule has 2 heteroatoms. The van der Waals surface area contributed by atoms with E-state index in [1.807, 2.05) is 49.4 Å². The first-order valence-corrected chi connectivity index (χ1v) is 6.13. The molecular formula is C16H17NO. The van der Waals surface area contributed by atoms with Crippen LogP contribution in [0.2, 0.25) is 0 Å². The molecule has 0 saturated carbocycles. The molecular weight excluding hydrogens is 222 g/mol. The molecule has 0 radical (unpaired) electrons. The lowest BCUT2D eigenvalue weighted by atomic mass is 10.1. The van der Waals surface area contributed by atoms with Crippen LogP contribution in [0, 0.1) is 0 Å². The van der Waals surface area contributed by atoms with E-state index in [0.29, 0.717) is 0 Å². The SMILES string of the molecule is [2H][C@]1(C)[C@@H](c2ccccc2)N1c1ccc(OC)cc1. The van der Waals surface area contributed by atoms with Crippen LogP contribution in [0.3, 0.4) is 0 Å². The molecule has 92 valence electrons. The maximum atomic E-state index is 8.43. The maximum Gasteiger partial charge on any atom is 0.119 e. The number of methoxy groups -OCH3 is 1. The number of hydrogen-bond donors (Lipinski definition) is 0. The first kappa shape index (κ1) is 10.0. The minimum absolute atomic E-state index is 0.127. The molecule has 3 rings (SSSR count). The fraction of sp³-hybridized carbons (Fsp3) is 0.250. The molecule has 2 aromatic rings. The van der Waals surface area contributed by atoms with Crippen molar-refractivity contribution in [1.29, 1.82) is 0 Å². The Morgan fingerprint density at radius 2 is 1.72 bits per heavy atom. The van der Waals surface area contributed by atoms with E-state index in [2.05, 4.69) is 17.0 Å². The lowest BCUT2D eigenvalue weighted by Gasteiger charge is -2.07. The van der Waals surface area contributed by atoms with Crippen LogP contribution in [0.4, 0.5) is 5.69 Å². The summed E-state index contributed by atoms with van der Waals surface area (Å²) in [5.41, 5.74) is 2.25. The van der Waals surface area contributed by atoms with E-state index in [0.717, 1.165) is 11.4 Å². The number of anilines is 1. The van der Waals surface area contributed by atoms with Gasteiger partial charge in [-0.25, -0.2) is 0 Å². The van der Waals surface area contributed by atoms with Crippen LogP contribution in [0.5, 0.6) is 5.75 Å². The minimum atomic E-state index is -0.573. The van der Waals surface area contributed by atoms with E-state index in [1.54, 1.807) is 7.11 Å². The number of benzene rings is 2. The summed E-state index contributed by atoms with van der Waals surface area (Å²) in [6.07, 6.45) is 0. The molecule has 18 heavy (non-hydrogen) atoms. The zero-order chi connectivity index (χ0) is 13.5. The third-order valence-corrected chi connectivity index (χ3v) is 3.43. The first-order valence-electron chi connectivity index (χ1n) is 6.63. The van der Waals surface area contributed by atoms with Gasteiger partial charge in [0.05, 0.1) is 20.5 Å². The van der Waals surface area contributed by atoms with Crippen molar-refractivity contribution in [2.75, 3.05) is 12.0 Å². The lowest BCUT2D eigenvalue weighted by Crippen LogP contribution is -1.96. The quantitative estimate of drug-likeness (QED) is 0.759. The van der Waals surface area contributed by atoms with Gasteiger partial charge in [0.2, 0.25) is 0 Å². The van der Waals surface area contributed by atoms with Gasteiger partial charge < -0.3 is 9.64 Å². The van der Waals surface area contributed by atoms with E-state index >= 15 is 0 Å². The van der Waals surface area contributed by atoms with Crippen LogP contribution in [0.1, 0.15) is 19.9 Å². The van der Waals surface area contributed by atoms with Gasteiger partial charge in [0.15, 0.2) is 0 Å². The van der Waals surface area contributed by atoms with Crippen molar-refractivity contribution >= 4 is 5.69 Å². The topological polar surface area (TPSA) is 12.2 Å². The zero-order valence-corrected chi connectivity index (χ0v) is 10.6. The van der Waals surface area contributed by atoms with Gasteiger partial charge in [0.25, 0.3) is 0 Å². The number of nitrogens with zero attached hydrogens (tertiary/aromatic N) is 1. The molecule has 1 aliphatic rings. The molecule has 1 heterocycles. The van der Waals surface area contributed by atoms with E-state index in [-0.39, 0.29) is 6.04 Å². The van der Waals surface area contributed by atoms with Crippen LogP contribution in [-0.2, 0) is 0 Å². The van der Waals surface area contributed by atoms with Crippen LogP contribution >= 0.6 is 0 Å². The standard InChI is InChI=1S/C16H17NO/c1-12-16(13-6-4-3-5-7-13)17(12)14-8-10-15(18-2)11-9-14/h3-12,16H,1-2H3/t12-,16-,17?/m0/s1/i12D. The molecule has 2 nitrogen and oxygen atoms in total. The second kappa shape index (κ2) is 4.37. The van der Waals surface area contributed by atoms with Crippen molar-refractivity contribution in [2.45, 2.75) is 19.0 Å². The normalized spacial score (nSPS) is 26.7. The molecule has 2 aromatic carbocycles. The highest BCUT2D eigenvalue weighted by atomic mass is 16.5. The summed E-state index contributed by atoms with van der Waals surface area (Å²) in [6.45, 7) is 1.95. The van der Waals surface area contributed by atoms with Crippen molar-refractivity contribution < 1.29 is 6.11 Å². The van der Waals surface area contributed by atoms with Crippen molar-refractivity contribution in [3.8, 4) is 5.75 Å². The van der Waals surface area contributed by atoms with Gasteiger partial charge in [0, 0.05) is 5.69 Å². The fourth-order valence-electron chi connectivity index (χ4n) is 2.41. The van der Waals surface area contributed by atoms with Gasteiger partial charge in [-0.2, -0.15) is 0 Å². The van der Waals surface area contributed by atoms with Gasteiger partial charge in [-0.1, -0.05) is 30.3 Å². The monoisotopic (exact) mass is 240 g/mol. The molecule has 1 fully saturated rings. The summed E-state index contributed by atoms with van der Waals surface area (Å²) >= 11 is 0. The molecule has 2 atom stereocenters. The molecule has 0 bridgehead atoms. The highest BCUT2D eigenvalue weighted by Gasteiger charge is 2.44. The Morgan fingerprint density at radius 3 is 2.33 bits per heavy atom. The molecule has 0 unspecified atom stereocenters.